The van der Waals surface area contributed by atoms with Crippen LogP contribution >= 0.6 is 0 Å². The molecule has 2 aromatic carbocycles. The van der Waals surface area contributed by atoms with Crippen molar-refractivity contribution in [2.75, 3.05) is 5.32 Å². The molecule has 1 aliphatic carbocycles. The smallest absolute Gasteiger partial charge is 0.255 e. The Kier molecular flexibility index (Phi) is 7.54. The Morgan fingerprint density at radius 1 is 0.973 bits per heavy atom. The first-order valence-electron chi connectivity index (χ1n) is 13.1. The Hall–Kier alpha value is -4.06. The second kappa shape index (κ2) is 11.3. The number of hydrogen-bond donors (Lipinski definition) is 1. The summed E-state index contributed by atoms with van der Waals surface area (Å²) in [5, 5.41) is 3.01. The highest BCUT2D eigenvalue weighted by Crippen LogP contribution is 2.34. The Morgan fingerprint density at radius 2 is 1.78 bits per heavy atom. The van der Waals surface area contributed by atoms with Gasteiger partial charge in [0.05, 0.1) is 11.3 Å². The van der Waals surface area contributed by atoms with Crippen molar-refractivity contribution >= 4 is 11.6 Å². The fourth-order valence-electron chi connectivity index (χ4n) is 4.88. The number of ether oxygens (including phenoxy) is 1. The van der Waals surface area contributed by atoms with Crippen molar-refractivity contribution in [3.63, 3.8) is 0 Å². The lowest BCUT2D eigenvalue weighted by molar-refractivity contribution is 0.102. The Balaban J connectivity index is 1.28. The number of aryl methyl sites for hydroxylation is 2. The Labute approximate surface area is 218 Å². The predicted octanol–water partition coefficient (Wildman–Crippen LogP) is 7.50. The van der Waals surface area contributed by atoms with Crippen molar-refractivity contribution in [2.24, 2.45) is 0 Å². The molecule has 4 aromatic rings. The van der Waals surface area contributed by atoms with Crippen molar-refractivity contribution in [1.82, 2.24) is 15.0 Å². The van der Waals surface area contributed by atoms with Gasteiger partial charge in [0, 0.05) is 30.1 Å². The van der Waals surface area contributed by atoms with Crippen molar-refractivity contribution in [3.05, 3.63) is 95.6 Å². The van der Waals surface area contributed by atoms with Crippen LogP contribution in [0.4, 0.5) is 5.69 Å². The number of aromatic nitrogens is 3. The normalized spacial score (nSPS) is 13.8. The molecule has 1 fully saturated rings. The number of nitrogens with zero attached hydrogens (tertiary/aromatic N) is 3. The van der Waals surface area contributed by atoms with Crippen LogP contribution in [-0.4, -0.2) is 20.9 Å². The number of hydrogen-bond acceptors (Lipinski definition) is 5. The van der Waals surface area contributed by atoms with Gasteiger partial charge in [-0.05, 0) is 85.3 Å². The van der Waals surface area contributed by atoms with Gasteiger partial charge < -0.3 is 10.1 Å². The summed E-state index contributed by atoms with van der Waals surface area (Å²) in [7, 11) is 0. The van der Waals surface area contributed by atoms with E-state index in [0.29, 0.717) is 23.1 Å². The zero-order chi connectivity index (χ0) is 25.6. The molecule has 2 heterocycles. The van der Waals surface area contributed by atoms with Crippen LogP contribution in [0.3, 0.4) is 0 Å². The summed E-state index contributed by atoms with van der Waals surface area (Å²) in [4.78, 5) is 26.2. The fraction of sp³-hybridized carbons (Fsp3) is 0.290. The number of amides is 1. The number of carbonyl (C=O) groups is 1. The number of nitrogens with one attached hydrogen (secondary N) is 1. The van der Waals surface area contributed by atoms with Crippen molar-refractivity contribution in [3.8, 4) is 22.9 Å². The van der Waals surface area contributed by atoms with Crippen molar-refractivity contribution in [2.45, 2.75) is 58.3 Å². The molecule has 1 saturated carbocycles. The quantitative estimate of drug-likeness (QED) is 0.289. The molecule has 1 N–H and O–H groups in total. The molecule has 6 nitrogen and oxygen atoms in total. The average Bonchev–Trinajstić information content (AvgIpc) is 2.95. The molecule has 1 amide bonds. The summed E-state index contributed by atoms with van der Waals surface area (Å²) in [6.07, 6.45) is 10.6. The molecular weight excluding hydrogens is 460 g/mol. The summed E-state index contributed by atoms with van der Waals surface area (Å²) >= 11 is 0. The minimum atomic E-state index is -0.120. The van der Waals surface area contributed by atoms with Crippen LogP contribution in [0.5, 0.6) is 11.6 Å². The van der Waals surface area contributed by atoms with E-state index in [4.69, 9.17) is 4.74 Å². The molecule has 0 atom stereocenters. The first-order valence-corrected chi connectivity index (χ1v) is 13.1. The zero-order valence-electron chi connectivity index (χ0n) is 21.4. The molecule has 0 bridgehead atoms. The van der Waals surface area contributed by atoms with E-state index >= 15 is 0 Å². The average molecular weight is 493 g/mol. The molecule has 0 aliphatic heterocycles. The van der Waals surface area contributed by atoms with Crippen molar-refractivity contribution in [1.29, 1.82) is 0 Å². The maximum atomic E-state index is 12.9. The largest absolute Gasteiger partial charge is 0.438 e. The highest BCUT2D eigenvalue weighted by Gasteiger charge is 2.17. The predicted molar refractivity (Wildman–Crippen MR) is 146 cm³/mol. The molecule has 5 rings (SSSR count). The number of anilines is 1. The maximum absolute atomic E-state index is 12.9. The third kappa shape index (κ3) is 5.85. The first-order chi connectivity index (χ1) is 18.1. The molecule has 1 aliphatic rings. The summed E-state index contributed by atoms with van der Waals surface area (Å²) < 4.78 is 6.20. The highest BCUT2D eigenvalue weighted by molar-refractivity contribution is 6.04. The van der Waals surface area contributed by atoms with Gasteiger partial charge in [-0.1, -0.05) is 38.3 Å². The van der Waals surface area contributed by atoms with Gasteiger partial charge in [-0.2, -0.15) is 0 Å². The third-order valence-electron chi connectivity index (χ3n) is 6.96. The van der Waals surface area contributed by atoms with Crippen LogP contribution in [0.1, 0.15) is 72.3 Å². The maximum Gasteiger partial charge on any atom is 0.255 e. The van der Waals surface area contributed by atoms with Crippen LogP contribution < -0.4 is 10.1 Å². The Morgan fingerprint density at radius 3 is 2.54 bits per heavy atom. The van der Waals surface area contributed by atoms with Crippen LogP contribution in [-0.2, 0) is 6.42 Å². The monoisotopic (exact) mass is 492 g/mol. The second-order valence-corrected chi connectivity index (χ2v) is 9.56. The number of rotatable bonds is 7. The van der Waals surface area contributed by atoms with Crippen molar-refractivity contribution < 1.29 is 9.53 Å². The standard InChI is InChI=1S/C31H32N4O2/c1-3-29-32-19-17-27(35-29)26-10-7-18-33-31(26)37-28-16-15-25(20-21(28)2)34-30(36)24-13-11-23(12-14-24)22-8-5-4-6-9-22/h7,10-20,22H,3-6,8-9H2,1-2H3,(H,34,36). The topological polar surface area (TPSA) is 77.0 Å². The van der Waals surface area contributed by atoms with E-state index in [-0.39, 0.29) is 5.91 Å². The minimum absolute atomic E-state index is 0.120. The molecule has 188 valence electrons. The molecule has 0 unspecified atom stereocenters. The van der Waals surface area contributed by atoms with Gasteiger partial charge in [-0.25, -0.2) is 15.0 Å². The summed E-state index contributed by atoms with van der Waals surface area (Å²) in [6.45, 7) is 3.97. The molecule has 0 spiro atoms. The molecule has 6 heteroatoms. The van der Waals surface area contributed by atoms with Crippen LogP contribution in [0.2, 0.25) is 0 Å². The number of carbonyl (C=O) groups excluding carboxylic acids is 1. The van der Waals surface area contributed by atoms with Gasteiger partial charge in [0.15, 0.2) is 0 Å². The van der Waals surface area contributed by atoms with E-state index in [1.807, 2.05) is 62.4 Å². The van der Waals surface area contributed by atoms with Gasteiger partial charge in [0.2, 0.25) is 5.88 Å². The first kappa shape index (κ1) is 24.6. The molecular formula is C31H32N4O2. The lowest BCUT2D eigenvalue weighted by atomic mass is 9.84. The molecule has 0 saturated heterocycles. The summed E-state index contributed by atoms with van der Waals surface area (Å²) in [5.41, 5.74) is 5.18. The van der Waals surface area contributed by atoms with Crippen LogP contribution in [0.25, 0.3) is 11.3 Å². The van der Waals surface area contributed by atoms with Gasteiger partial charge in [0.25, 0.3) is 5.91 Å². The number of pyridine rings is 1. The molecule has 37 heavy (non-hydrogen) atoms. The lowest BCUT2D eigenvalue weighted by Gasteiger charge is -2.22. The van der Waals surface area contributed by atoms with Crippen LogP contribution in [0, 0.1) is 6.92 Å². The van der Waals surface area contributed by atoms with E-state index in [2.05, 4.69) is 32.4 Å². The molecule has 0 radical (unpaired) electrons. The fourth-order valence-corrected chi connectivity index (χ4v) is 4.88. The minimum Gasteiger partial charge on any atom is -0.438 e. The van der Waals surface area contributed by atoms with E-state index in [1.165, 1.54) is 37.7 Å². The zero-order valence-corrected chi connectivity index (χ0v) is 21.4. The van der Waals surface area contributed by atoms with Gasteiger partial charge >= 0.3 is 0 Å². The van der Waals surface area contributed by atoms with E-state index in [1.54, 1.807) is 12.4 Å². The van der Waals surface area contributed by atoms with Gasteiger partial charge in [-0.15, -0.1) is 0 Å². The highest BCUT2D eigenvalue weighted by atomic mass is 16.5. The van der Waals surface area contributed by atoms with Gasteiger partial charge in [0.1, 0.15) is 11.6 Å². The van der Waals surface area contributed by atoms with Gasteiger partial charge in [-0.3, -0.25) is 4.79 Å². The third-order valence-corrected chi connectivity index (χ3v) is 6.96. The molecule has 2 aromatic heterocycles. The van der Waals surface area contributed by atoms with Crippen LogP contribution in [0.15, 0.2) is 73.1 Å². The lowest BCUT2D eigenvalue weighted by Crippen LogP contribution is -2.12. The summed E-state index contributed by atoms with van der Waals surface area (Å²) in [6, 6.07) is 19.4. The Bertz CT molecular complexity index is 1380. The second-order valence-electron chi connectivity index (χ2n) is 9.56. The van der Waals surface area contributed by atoms with E-state index < -0.39 is 0 Å². The number of benzene rings is 2. The summed E-state index contributed by atoms with van der Waals surface area (Å²) in [5.74, 6) is 2.42. The SMILES string of the molecule is CCc1nccc(-c2cccnc2Oc2ccc(NC(=O)c3ccc(C4CCCCC4)cc3)cc2C)n1. The van der Waals surface area contributed by atoms with E-state index in [0.717, 1.165) is 34.8 Å². The van der Waals surface area contributed by atoms with E-state index in [9.17, 15) is 4.79 Å².